The minimum absolute atomic E-state index is 0.00709. The van der Waals surface area contributed by atoms with Crippen molar-refractivity contribution in [1.29, 1.82) is 0 Å². The van der Waals surface area contributed by atoms with Gasteiger partial charge in [0.15, 0.2) is 0 Å². The Kier molecular flexibility index (Phi) is 9.96. The first kappa shape index (κ1) is 33.5. The summed E-state index contributed by atoms with van der Waals surface area (Å²) < 4.78 is 61.2. The molecule has 0 aromatic heterocycles. The number of carbonyl (C=O) groups excluding carboxylic acids is 2. The van der Waals surface area contributed by atoms with Gasteiger partial charge in [-0.2, -0.15) is 16.8 Å². The number of benzene rings is 5. The van der Waals surface area contributed by atoms with Crippen LogP contribution in [0.15, 0.2) is 131 Å². The summed E-state index contributed by atoms with van der Waals surface area (Å²) in [5.41, 5.74) is 2.76. The first-order valence-electron chi connectivity index (χ1n) is 14.3. The summed E-state index contributed by atoms with van der Waals surface area (Å²) in [6.07, 6.45) is 0. The second kappa shape index (κ2) is 14.3. The normalized spacial score (nSPS) is 11.2. The van der Waals surface area contributed by atoms with Crippen LogP contribution in [0, 0.1) is 13.8 Å². The van der Waals surface area contributed by atoms with E-state index in [0.29, 0.717) is 11.4 Å². The molecule has 0 spiro atoms. The number of urea groups is 2. The van der Waals surface area contributed by atoms with Crippen molar-refractivity contribution in [3.63, 3.8) is 0 Å². The van der Waals surface area contributed by atoms with Crippen molar-refractivity contribution in [3.05, 3.63) is 132 Å². The maximum Gasteiger partial charge on any atom is 0.339 e. The minimum Gasteiger partial charge on any atom is -0.379 e. The fourth-order valence-corrected chi connectivity index (χ4v) is 6.46. The molecule has 0 aliphatic carbocycles. The molecule has 246 valence electrons. The SMILES string of the molecule is Cc1cccc(S(=O)(=O)Oc2cccc(NC(=O)Nc3cccc(NC(=O)Nc4cccc(OS(=O)(=O)c5cccc(C)c5)c4)c3)c2)c1. The molecule has 0 fully saturated rings. The number of hydrogen-bond acceptors (Lipinski definition) is 8. The van der Waals surface area contributed by atoms with Crippen molar-refractivity contribution in [3.8, 4) is 11.5 Å². The van der Waals surface area contributed by atoms with E-state index in [1.807, 2.05) is 0 Å². The van der Waals surface area contributed by atoms with Gasteiger partial charge in [-0.1, -0.05) is 42.5 Å². The van der Waals surface area contributed by atoms with Gasteiger partial charge in [0, 0.05) is 34.9 Å². The van der Waals surface area contributed by atoms with Gasteiger partial charge < -0.3 is 29.6 Å². The van der Waals surface area contributed by atoms with E-state index in [9.17, 15) is 26.4 Å². The molecule has 5 rings (SSSR count). The van der Waals surface area contributed by atoms with Crippen LogP contribution in [0.4, 0.5) is 32.3 Å². The number of amides is 4. The Balaban J connectivity index is 1.16. The molecule has 12 nitrogen and oxygen atoms in total. The van der Waals surface area contributed by atoms with E-state index in [1.165, 1.54) is 66.7 Å². The van der Waals surface area contributed by atoms with E-state index in [4.69, 9.17) is 8.37 Å². The molecule has 0 aliphatic rings. The smallest absolute Gasteiger partial charge is 0.339 e. The van der Waals surface area contributed by atoms with Gasteiger partial charge >= 0.3 is 32.3 Å². The highest BCUT2D eigenvalue weighted by Crippen LogP contribution is 2.25. The largest absolute Gasteiger partial charge is 0.379 e. The Hall–Kier alpha value is -5.86. The molecule has 5 aromatic carbocycles. The Morgan fingerprint density at radius 2 is 0.792 bits per heavy atom. The van der Waals surface area contributed by atoms with Crippen molar-refractivity contribution in [2.45, 2.75) is 23.6 Å². The van der Waals surface area contributed by atoms with Gasteiger partial charge in [-0.25, -0.2) is 9.59 Å². The molecular weight excluding hydrogens is 657 g/mol. The van der Waals surface area contributed by atoms with Crippen molar-refractivity contribution >= 4 is 55.0 Å². The van der Waals surface area contributed by atoms with Crippen LogP contribution in [0.3, 0.4) is 0 Å². The highest BCUT2D eigenvalue weighted by Gasteiger charge is 2.18. The van der Waals surface area contributed by atoms with Crippen molar-refractivity contribution < 1.29 is 34.8 Å². The van der Waals surface area contributed by atoms with Gasteiger partial charge in [0.25, 0.3) is 0 Å². The van der Waals surface area contributed by atoms with Crippen LogP contribution in [-0.2, 0) is 20.2 Å². The Bertz CT molecular complexity index is 2050. The number of rotatable bonds is 10. The van der Waals surface area contributed by atoms with E-state index in [1.54, 1.807) is 68.4 Å². The summed E-state index contributed by atoms with van der Waals surface area (Å²) in [5.74, 6) is 0.0213. The molecule has 0 bridgehead atoms. The number of carbonyl (C=O) groups is 2. The molecule has 0 saturated carbocycles. The zero-order valence-corrected chi connectivity index (χ0v) is 27.3. The first-order chi connectivity index (χ1) is 22.8. The molecule has 14 heteroatoms. The Morgan fingerprint density at radius 1 is 0.458 bits per heavy atom. The summed E-state index contributed by atoms with van der Waals surface area (Å²) in [7, 11) is -8.17. The van der Waals surface area contributed by atoms with Crippen LogP contribution >= 0.6 is 0 Å². The first-order valence-corrected chi connectivity index (χ1v) is 17.1. The Labute approximate surface area is 278 Å². The molecule has 0 heterocycles. The summed E-state index contributed by atoms with van der Waals surface area (Å²) in [6.45, 7) is 3.54. The molecule has 0 aliphatic heterocycles. The molecule has 0 atom stereocenters. The standard InChI is InChI=1S/C34H30N4O8S2/c1-23-8-3-16-31(18-23)47(41,42)45-29-14-6-12-27(21-29)37-33(39)35-25-10-5-11-26(20-25)36-34(40)38-28-13-7-15-30(22-28)46-48(43,44)32-17-4-9-24(2)19-32/h3-22H,1-2H3,(H2,35,37,39)(H2,36,38,40). The van der Waals surface area contributed by atoms with Crippen LogP contribution in [-0.4, -0.2) is 28.9 Å². The third-order valence-electron chi connectivity index (χ3n) is 6.53. The maximum atomic E-state index is 12.7. The summed E-state index contributed by atoms with van der Waals surface area (Å²) in [6, 6.07) is 29.5. The number of nitrogens with one attached hydrogen (secondary N) is 4. The summed E-state index contributed by atoms with van der Waals surface area (Å²) in [5, 5.41) is 10.5. The summed E-state index contributed by atoms with van der Waals surface area (Å²) in [4.78, 5) is 25.4. The van der Waals surface area contributed by atoms with E-state index in [-0.39, 0.29) is 32.7 Å². The molecule has 0 unspecified atom stereocenters. The quantitative estimate of drug-likeness (QED) is 0.113. The second-order valence-corrected chi connectivity index (χ2v) is 13.6. The van der Waals surface area contributed by atoms with E-state index < -0.39 is 32.3 Å². The lowest BCUT2D eigenvalue weighted by atomic mass is 10.2. The molecular formula is C34H30N4O8S2. The van der Waals surface area contributed by atoms with Crippen LogP contribution < -0.4 is 29.6 Å². The fraction of sp³-hybridized carbons (Fsp3) is 0.0588. The van der Waals surface area contributed by atoms with Gasteiger partial charge in [0.2, 0.25) is 0 Å². The van der Waals surface area contributed by atoms with Crippen LogP contribution in [0.25, 0.3) is 0 Å². The number of anilines is 4. The predicted molar refractivity (Wildman–Crippen MR) is 183 cm³/mol. The van der Waals surface area contributed by atoms with Crippen molar-refractivity contribution in [2.75, 3.05) is 21.3 Å². The molecule has 4 N–H and O–H groups in total. The number of aryl methyl sites for hydroxylation is 2. The summed E-state index contributed by atoms with van der Waals surface area (Å²) >= 11 is 0. The highest BCUT2D eigenvalue weighted by molar-refractivity contribution is 7.87. The lowest BCUT2D eigenvalue weighted by Gasteiger charge is -2.12. The molecule has 4 amide bonds. The van der Waals surface area contributed by atoms with Crippen molar-refractivity contribution in [1.82, 2.24) is 0 Å². The van der Waals surface area contributed by atoms with Gasteiger partial charge in [-0.15, -0.1) is 0 Å². The maximum absolute atomic E-state index is 12.7. The molecule has 48 heavy (non-hydrogen) atoms. The average molecular weight is 687 g/mol. The monoisotopic (exact) mass is 686 g/mol. The van der Waals surface area contributed by atoms with Gasteiger partial charge in [-0.3, -0.25) is 0 Å². The zero-order valence-electron chi connectivity index (χ0n) is 25.6. The lowest BCUT2D eigenvalue weighted by Crippen LogP contribution is -2.21. The Morgan fingerprint density at radius 3 is 1.17 bits per heavy atom. The van der Waals surface area contributed by atoms with Crippen molar-refractivity contribution in [2.24, 2.45) is 0 Å². The van der Waals surface area contributed by atoms with Crippen LogP contribution in [0.2, 0.25) is 0 Å². The molecule has 0 saturated heterocycles. The van der Waals surface area contributed by atoms with E-state index in [2.05, 4.69) is 21.3 Å². The fourth-order valence-electron chi connectivity index (χ4n) is 4.40. The minimum atomic E-state index is -4.08. The van der Waals surface area contributed by atoms with E-state index >= 15 is 0 Å². The third kappa shape index (κ3) is 9.11. The zero-order chi connectivity index (χ0) is 34.3. The number of hydrogen-bond donors (Lipinski definition) is 4. The lowest BCUT2D eigenvalue weighted by molar-refractivity contribution is 0.261. The molecule has 5 aromatic rings. The second-order valence-electron chi connectivity index (χ2n) is 10.5. The van der Waals surface area contributed by atoms with E-state index in [0.717, 1.165) is 11.1 Å². The van der Waals surface area contributed by atoms with Gasteiger partial charge in [-0.05, 0) is 91.7 Å². The topological polar surface area (TPSA) is 169 Å². The third-order valence-corrected chi connectivity index (χ3v) is 9.02. The highest BCUT2D eigenvalue weighted by atomic mass is 32.2. The van der Waals surface area contributed by atoms with Gasteiger partial charge in [0.05, 0.1) is 0 Å². The molecule has 0 radical (unpaired) electrons. The van der Waals surface area contributed by atoms with Crippen LogP contribution in [0.5, 0.6) is 11.5 Å². The van der Waals surface area contributed by atoms with Crippen LogP contribution in [0.1, 0.15) is 11.1 Å². The average Bonchev–Trinajstić information content (AvgIpc) is 3.01. The predicted octanol–water partition coefficient (Wildman–Crippen LogP) is 7.13. The van der Waals surface area contributed by atoms with Gasteiger partial charge in [0.1, 0.15) is 21.3 Å².